The topological polar surface area (TPSA) is 12.0 Å². The molecule has 0 heterocycles. The maximum Gasteiger partial charge on any atom is 0.416 e. The molecule has 1 nitrogen and oxygen atoms in total. The van der Waals surface area contributed by atoms with Crippen molar-refractivity contribution in [3.05, 3.63) is 41.0 Å². The zero-order chi connectivity index (χ0) is 12.2. The molecule has 4 heteroatoms. The van der Waals surface area contributed by atoms with E-state index in [2.05, 4.69) is 5.32 Å². The van der Waals surface area contributed by atoms with E-state index >= 15 is 0 Å². The summed E-state index contributed by atoms with van der Waals surface area (Å²) in [6.45, 7) is 2.37. The van der Waals surface area contributed by atoms with Gasteiger partial charge in [-0.3, -0.25) is 0 Å². The van der Waals surface area contributed by atoms with Crippen LogP contribution >= 0.6 is 0 Å². The fourth-order valence-electron chi connectivity index (χ4n) is 1.34. The summed E-state index contributed by atoms with van der Waals surface area (Å²) in [5.74, 6) is 0. The molecule has 1 N–H and O–H groups in total. The zero-order valence-corrected chi connectivity index (χ0v) is 9.23. The summed E-state index contributed by atoms with van der Waals surface area (Å²) in [4.78, 5) is 0. The summed E-state index contributed by atoms with van der Waals surface area (Å²) in [5, 5.41) is 2.93. The van der Waals surface area contributed by atoms with Crippen molar-refractivity contribution in [1.82, 2.24) is 5.32 Å². The van der Waals surface area contributed by atoms with Gasteiger partial charge in [0.1, 0.15) is 0 Å². The van der Waals surface area contributed by atoms with Crippen molar-refractivity contribution in [3.63, 3.8) is 0 Å². The summed E-state index contributed by atoms with van der Waals surface area (Å²) >= 11 is 0. The average molecular weight is 229 g/mol. The van der Waals surface area contributed by atoms with Gasteiger partial charge in [-0.05, 0) is 37.2 Å². The van der Waals surface area contributed by atoms with Gasteiger partial charge in [-0.25, -0.2) is 0 Å². The monoisotopic (exact) mass is 229 g/mol. The molecule has 0 aliphatic carbocycles. The molecule has 1 rings (SSSR count). The second kappa shape index (κ2) is 5.16. The number of hydrogen-bond donors (Lipinski definition) is 1. The molecule has 0 saturated carbocycles. The minimum Gasteiger partial charge on any atom is -0.316 e. The quantitative estimate of drug-likeness (QED) is 0.839. The fourth-order valence-corrected chi connectivity index (χ4v) is 1.34. The third kappa shape index (κ3) is 3.38. The lowest BCUT2D eigenvalue weighted by molar-refractivity contribution is -0.137. The van der Waals surface area contributed by atoms with Gasteiger partial charge in [0.25, 0.3) is 0 Å². The summed E-state index contributed by atoms with van der Waals surface area (Å²) < 4.78 is 37.1. The molecule has 1 aromatic carbocycles. The highest BCUT2D eigenvalue weighted by atomic mass is 19.4. The van der Waals surface area contributed by atoms with Gasteiger partial charge >= 0.3 is 6.18 Å². The van der Waals surface area contributed by atoms with Crippen molar-refractivity contribution in [1.29, 1.82) is 0 Å². The van der Waals surface area contributed by atoms with Gasteiger partial charge in [0, 0.05) is 6.54 Å². The summed E-state index contributed by atoms with van der Waals surface area (Å²) in [6.07, 6.45) is -0.584. The minimum atomic E-state index is -4.27. The first kappa shape index (κ1) is 12.8. The van der Waals surface area contributed by atoms with Crippen LogP contribution in [0.4, 0.5) is 13.2 Å². The largest absolute Gasteiger partial charge is 0.416 e. The predicted octanol–water partition coefficient (Wildman–Crippen LogP) is 3.25. The van der Waals surface area contributed by atoms with E-state index in [0.29, 0.717) is 12.1 Å². The van der Waals surface area contributed by atoms with Gasteiger partial charge < -0.3 is 5.32 Å². The van der Waals surface area contributed by atoms with Crippen LogP contribution in [0.3, 0.4) is 0 Å². The number of likely N-dealkylation sites (N-methyl/N-ethyl adjacent to an activating group) is 1. The van der Waals surface area contributed by atoms with E-state index in [0.717, 1.165) is 11.6 Å². The Kier molecular flexibility index (Phi) is 4.12. The smallest absolute Gasteiger partial charge is 0.316 e. The van der Waals surface area contributed by atoms with Gasteiger partial charge in [0.15, 0.2) is 0 Å². The Bertz CT molecular complexity index is 380. The molecule has 0 aromatic heterocycles. The van der Waals surface area contributed by atoms with Crippen molar-refractivity contribution in [3.8, 4) is 0 Å². The Morgan fingerprint density at radius 2 is 2.00 bits per heavy atom. The van der Waals surface area contributed by atoms with Crippen LogP contribution < -0.4 is 5.32 Å². The molecule has 0 saturated heterocycles. The van der Waals surface area contributed by atoms with E-state index in [-0.39, 0.29) is 0 Å². The van der Waals surface area contributed by atoms with Crippen molar-refractivity contribution < 1.29 is 13.2 Å². The Balaban J connectivity index is 2.92. The van der Waals surface area contributed by atoms with E-state index in [4.69, 9.17) is 0 Å². The Morgan fingerprint density at radius 3 is 2.50 bits per heavy atom. The number of alkyl halides is 3. The average Bonchev–Trinajstić information content (AvgIpc) is 2.19. The molecule has 1 aromatic rings. The molecule has 0 fully saturated rings. The molecule has 16 heavy (non-hydrogen) atoms. The first-order chi connectivity index (χ1) is 7.45. The highest BCUT2D eigenvalue weighted by molar-refractivity contribution is 5.54. The Labute approximate surface area is 93.0 Å². The first-order valence-corrected chi connectivity index (χ1v) is 4.94. The molecule has 0 amide bonds. The van der Waals surface area contributed by atoms with E-state index in [1.807, 2.05) is 19.2 Å². The van der Waals surface area contributed by atoms with Crippen LogP contribution in [0.2, 0.25) is 0 Å². The van der Waals surface area contributed by atoms with Crippen molar-refractivity contribution >= 4 is 6.08 Å². The van der Waals surface area contributed by atoms with Crippen LogP contribution in [0.15, 0.2) is 24.3 Å². The number of halogens is 3. The molecule has 0 aliphatic rings. The summed E-state index contributed by atoms with van der Waals surface area (Å²) in [6, 6.07) is 3.76. The molecule has 0 aliphatic heterocycles. The minimum absolute atomic E-state index is 0.601. The third-order valence-corrected chi connectivity index (χ3v) is 2.22. The zero-order valence-electron chi connectivity index (χ0n) is 9.23. The van der Waals surface area contributed by atoms with Crippen LogP contribution in [0, 0.1) is 6.92 Å². The summed E-state index contributed by atoms with van der Waals surface area (Å²) in [5.41, 5.74) is 0.834. The summed E-state index contributed by atoms with van der Waals surface area (Å²) in [7, 11) is 1.81. The predicted molar refractivity (Wildman–Crippen MR) is 59.1 cm³/mol. The van der Waals surface area contributed by atoms with Crippen molar-refractivity contribution in [2.45, 2.75) is 13.1 Å². The highest BCUT2D eigenvalue weighted by Crippen LogP contribution is 2.30. The number of hydrogen-bond acceptors (Lipinski definition) is 1. The van der Waals surface area contributed by atoms with Crippen LogP contribution in [-0.2, 0) is 6.18 Å². The molecular weight excluding hydrogens is 215 g/mol. The molecular formula is C12H14F3N. The number of rotatable bonds is 3. The number of nitrogens with one attached hydrogen (secondary N) is 1. The van der Waals surface area contributed by atoms with Crippen LogP contribution in [0.1, 0.15) is 16.7 Å². The fraction of sp³-hybridized carbons (Fsp3) is 0.333. The van der Waals surface area contributed by atoms with Gasteiger partial charge in [-0.2, -0.15) is 13.2 Å². The maximum absolute atomic E-state index is 12.4. The Morgan fingerprint density at radius 1 is 1.31 bits per heavy atom. The molecule has 0 bridgehead atoms. The normalized spacial score (nSPS) is 12.3. The first-order valence-electron chi connectivity index (χ1n) is 4.94. The maximum atomic E-state index is 12.4. The van der Waals surface area contributed by atoms with Gasteiger partial charge in [-0.15, -0.1) is 0 Å². The highest BCUT2D eigenvalue weighted by Gasteiger charge is 2.30. The van der Waals surface area contributed by atoms with Gasteiger partial charge in [0.2, 0.25) is 0 Å². The van der Waals surface area contributed by atoms with Crippen LogP contribution in [0.5, 0.6) is 0 Å². The standard InChI is InChI=1S/C12H14F3N/c1-9-8-11(12(13,14)15)6-5-10(9)4-3-7-16-2/h3-6,8,16H,7H2,1-2H3. The molecule has 88 valence electrons. The lowest BCUT2D eigenvalue weighted by atomic mass is 10.0. The van der Waals surface area contributed by atoms with Crippen LogP contribution in [-0.4, -0.2) is 13.6 Å². The molecule has 0 radical (unpaired) electrons. The van der Waals surface area contributed by atoms with E-state index < -0.39 is 11.7 Å². The number of aryl methyl sites for hydroxylation is 1. The van der Waals surface area contributed by atoms with E-state index in [1.165, 1.54) is 12.1 Å². The van der Waals surface area contributed by atoms with Crippen LogP contribution in [0.25, 0.3) is 6.08 Å². The lowest BCUT2D eigenvalue weighted by Crippen LogP contribution is -2.05. The van der Waals surface area contributed by atoms with Crippen molar-refractivity contribution in [2.24, 2.45) is 0 Å². The van der Waals surface area contributed by atoms with Crippen molar-refractivity contribution in [2.75, 3.05) is 13.6 Å². The van der Waals surface area contributed by atoms with E-state index in [1.54, 1.807) is 6.92 Å². The van der Waals surface area contributed by atoms with Gasteiger partial charge in [0.05, 0.1) is 5.56 Å². The molecule has 0 spiro atoms. The SMILES string of the molecule is CNCC=Cc1ccc(C(F)(F)F)cc1C. The molecule has 0 atom stereocenters. The second-order valence-corrected chi connectivity index (χ2v) is 3.53. The Hall–Kier alpha value is -1.29. The van der Waals surface area contributed by atoms with E-state index in [9.17, 15) is 13.2 Å². The number of benzene rings is 1. The van der Waals surface area contributed by atoms with Gasteiger partial charge in [-0.1, -0.05) is 18.2 Å². The second-order valence-electron chi connectivity index (χ2n) is 3.53. The third-order valence-electron chi connectivity index (χ3n) is 2.22. The lowest BCUT2D eigenvalue weighted by Gasteiger charge is -2.08. The molecule has 0 unspecified atom stereocenters.